The third-order valence-electron chi connectivity index (χ3n) is 2.62. The predicted molar refractivity (Wildman–Crippen MR) is 58.4 cm³/mol. The van der Waals surface area contributed by atoms with E-state index in [-0.39, 0.29) is 0 Å². The lowest BCUT2D eigenvalue weighted by Crippen LogP contribution is -2.36. The van der Waals surface area contributed by atoms with Crippen LogP contribution in [0.5, 0.6) is 0 Å². The van der Waals surface area contributed by atoms with Gasteiger partial charge < -0.3 is 4.55 Å². The molecule has 0 bridgehead atoms. The highest BCUT2D eigenvalue weighted by atomic mass is 32.2. The third kappa shape index (κ3) is 3.15. The van der Waals surface area contributed by atoms with E-state index in [1.54, 1.807) is 12.3 Å². The van der Waals surface area contributed by atoms with E-state index in [0.717, 1.165) is 12.8 Å². The highest BCUT2D eigenvalue weighted by Crippen LogP contribution is 2.19. The lowest BCUT2D eigenvalue weighted by molar-refractivity contribution is 0.411. The molecule has 1 atom stereocenters. The fourth-order valence-corrected chi connectivity index (χ4v) is 2.81. The molecule has 1 N–H and O–H groups in total. The maximum Gasteiger partial charge on any atom is 0.268 e. The monoisotopic (exact) mass is 225 g/mol. The van der Waals surface area contributed by atoms with Gasteiger partial charge in [0.25, 0.3) is 5.03 Å². The minimum atomic E-state index is -1.18. The summed E-state index contributed by atoms with van der Waals surface area (Å²) in [4.78, 5) is 7.77. The van der Waals surface area contributed by atoms with Crippen molar-refractivity contribution in [3.63, 3.8) is 0 Å². The van der Waals surface area contributed by atoms with Crippen LogP contribution in [-0.2, 0) is 11.4 Å². The molecule has 82 valence electrons. The molecule has 1 heterocycles. The van der Waals surface area contributed by atoms with Crippen molar-refractivity contribution in [2.24, 2.45) is 0 Å². The Labute approximate surface area is 92.8 Å². The number of hydrogen-bond acceptors (Lipinski definition) is 4. The molecular formula is C10H15N3OS. The smallest absolute Gasteiger partial charge is 0.268 e. The van der Waals surface area contributed by atoms with Crippen LogP contribution >= 0.6 is 0 Å². The second-order valence-electron chi connectivity index (χ2n) is 3.77. The molecule has 15 heavy (non-hydrogen) atoms. The van der Waals surface area contributed by atoms with Crippen LogP contribution in [0.3, 0.4) is 0 Å². The van der Waals surface area contributed by atoms with Gasteiger partial charge >= 0.3 is 0 Å². The van der Waals surface area contributed by atoms with Crippen molar-refractivity contribution in [2.75, 3.05) is 0 Å². The molecule has 4 nitrogen and oxygen atoms in total. The van der Waals surface area contributed by atoms with E-state index in [4.69, 9.17) is 0 Å². The number of aromatic nitrogens is 2. The maximum absolute atomic E-state index is 11.8. The first-order valence-electron chi connectivity index (χ1n) is 5.30. The summed E-state index contributed by atoms with van der Waals surface area (Å²) in [6.07, 6.45) is 9.06. The van der Waals surface area contributed by atoms with E-state index in [1.807, 2.05) is 0 Å². The minimum absolute atomic E-state index is 0.384. The zero-order valence-corrected chi connectivity index (χ0v) is 9.37. The van der Waals surface area contributed by atoms with Gasteiger partial charge in [-0.25, -0.2) is 4.98 Å². The molecular weight excluding hydrogens is 210 g/mol. The fraction of sp³-hybridized carbons (Fsp3) is 0.600. The van der Waals surface area contributed by atoms with Crippen LogP contribution in [0.25, 0.3) is 0 Å². The molecule has 1 aliphatic carbocycles. The Hall–Kier alpha value is -0.650. The van der Waals surface area contributed by atoms with Gasteiger partial charge in [-0.1, -0.05) is 19.3 Å². The normalized spacial score (nSPS) is 20.1. The minimum Gasteiger partial charge on any atom is -0.592 e. The molecule has 2 rings (SSSR count). The van der Waals surface area contributed by atoms with Gasteiger partial charge in [-0.2, -0.15) is 4.98 Å². The zero-order valence-electron chi connectivity index (χ0n) is 8.56. The topological polar surface area (TPSA) is 60.9 Å². The van der Waals surface area contributed by atoms with E-state index in [1.165, 1.54) is 25.6 Å². The van der Waals surface area contributed by atoms with Crippen LogP contribution in [0.4, 0.5) is 0 Å². The molecule has 1 aliphatic rings. The summed E-state index contributed by atoms with van der Waals surface area (Å²) in [5.41, 5.74) is 0. The molecule has 0 saturated heterocycles. The molecule has 5 heteroatoms. The number of nitrogens with one attached hydrogen (secondary N) is 1. The Bertz CT molecular complexity index is 290. The Morgan fingerprint density at radius 1 is 1.33 bits per heavy atom. The summed E-state index contributed by atoms with van der Waals surface area (Å²) in [7, 11) is 0. The van der Waals surface area contributed by atoms with Crippen LogP contribution in [0.1, 0.15) is 32.1 Å². The van der Waals surface area contributed by atoms with Crippen molar-refractivity contribution in [3.05, 3.63) is 18.6 Å². The second kappa shape index (κ2) is 5.44. The lowest BCUT2D eigenvalue weighted by atomic mass is 9.96. The first-order chi connectivity index (χ1) is 7.36. The van der Waals surface area contributed by atoms with Crippen LogP contribution in [0.2, 0.25) is 0 Å². The summed E-state index contributed by atoms with van der Waals surface area (Å²) in [5, 5.41) is 0.565. The van der Waals surface area contributed by atoms with E-state index >= 15 is 0 Å². The van der Waals surface area contributed by atoms with Gasteiger partial charge in [-0.15, -0.1) is 4.72 Å². The van der Waals surface area contributed by atoms with E-state index < -0.39 is 11.4 Å². The van der Waals surface area contributed by atoms with Crippen molar-refractivity contribution < 1.29 is 4.55 Å². The number of nitrogens with zero attached hydrogens (tertiary/aromatic N) is 2. The van der Waals surface area contributed by atoms with Crippen LogP contribution < -0.4 is 4.72 Å². The van der Waals surface area contributed by atoms with Crippen LogP contribution in [0.15, 0.2) is 23.6 Å². The molecule has 0 aliphatic heterocycles. The van der Waals surface area contributed by atoms with E-state index in [9.17, 15) is 4.55 Å². The van der Waals surface area contributed by atoms with Gasteiger partial charge in [0.2, 0.25) is 0 Å². The Morgan fingerprint density at radius 3 is 2.80 bits per heavy atom. The average molecular weight is 225 g/mol. The fourth-order valence-electron chi connectivity index (χ4n) is 1.82. The van der Waals surface area contributed by atoms with Gasteiger partial charge in [0, 0.05) is 12.3 Å². The summed E-state index contributed by atoms with van der Waals surface area (Å²) >= 11 is -1.18. The Balaban J connectivity index is 1.88. The Kier molecular flexibility index (Phi) is 3.94. The summed E-state index contributed by atoms with van der Waals surface area (Å²) in [5.74, 6) is 0. The predicted octanol–water partition coefficient (Wildman–Crippen LogP) is 1.42. The molecule has 1 aromatic rings. The van der Waals surface area contributed by atoms with Crippen molar-refractivity contribution >= 4 is 11.4 Å². The number of rotatable bonds is 3. The molecule has 1 fully saturated rings. The van der Waals surface area contributed by atoms with Crippen molar-refractivity contribution in [3.8, 4) is 0 Å². The van der Waals surface area contributed by atoms with Crippen LogP contribution in [0, 0.1) is 0 Å². The highest BCUT2D eigenvalue weighted by Gasteiger charge is 2.21. The first-order valence-corrected chi connectivity index (χ1v) is 6.45. The van der Waals surface area contributed by atoms with Gasteiger partial charge in [0.15, 0.2) is 0 Å². The van der Waals surface area contributed by atoms with Crippen LogP contribution in [-0.4, -0.2) is 20.6 Å². The van der Waals surface area contributed by atoms with Gasteiger partial charge in [0.1, 0.15) is 6.33 Å². The van der Waals surface area contributed by atoms with Crippen molar-refractivity contribution in [2.45, 2.75) is 43.2 Å². The quantitative estimate of drug-likeness (QED) is 0.624. The largest absolute Gasteiger partial charge is 0.592 e. The van der Waals surface area contributed by atoms with Gasteiger partial charge in [-0.05, 0) is 12.8 Å². The summed E-state index contributed by atoms with van der Waals surface area (Å²) in [6, 6.07) is 2.07. The molecule has 1 saturated carbocycles. The van der Waals surface area contributed by atoms with E-state index in [2.05, 4.69) is 14.7 Å². The second-order valence-corrected chi connectivity index (χ2v) is 4.96. The van der Waals surface area contributed by atoms with Crippen molar-refractivity contribution in [1.82, 2.24) is 14.7 Å². The van der Waals surface area contributed by atoms with Gasteiger partial charge in [0.05, 0.1) is 17.4 Å². The molecule has 0 amide bonds. The molecule has 0 aromatic carbocycles. The summed E-state index contributed by atoms with van der Waals surface area (Å²) < 4.78 is 14.9. The Morgan fingerprint density at radius 2 is 2.13 bits per heavy atom. The van der Waals surface area contributed by atoms with E-state index in [0.29, 0.717) is 11.1 Å². The van der Waals surface area contributed by atoms with Crippen molar-refractivity contribution in [1.29, 1.82) is 0 Å². The number of hydrogen-bond donors (Lipinski definition) is 1. The zero-order chi connectivity index (χ0) is 10.5. The molecule has 0 radical (unpaired) electrons. The average Bonchev–Trinajstić information content (AvgIpc) is 2.31. The first kappa shape index (κ1) is 10.9. The SMILES string of the molecule is [O-][S+](NC1CCCCC1)c1ccncn1. The third-order valence-corrected chi connectivity index (χ3v) is 3.79. The highest BCUT2D eigenvalue weighted by molar-refractivity contribution is 7.89. The molecule has 1 aromatic heterocycles. The molecule has 1 unspecified atom stereocenters. The lowest BCUT2D eigenvalue weighted by Gasteiger charge is -2.22. The summed E-state index contributed by atoms with van der Waals surface area (Å²) in [6.45, 7) is 0. The van der Waals surface area contributed by atoms with Gasteiger partial charge in [-0.3, -0.25) is 0 Å². The maximum atomic E-state index is 11.8. The molecule has 0 spiro atoms. The standard InChI is InChI=1S/C10H15N3OS/c14-15(10-6-7-11-8-12-10)13-9-4-2-1-3-5-9/h6-9,13H,1-5H2.